The number of nitrogens with one attached hydrogen (secondary N) is 1. The van der Waals surface area contributed by atoms with E-state index in [-0.39, 0.29) is 18.2 Å². The van der Waals surface area contributed by atoms with Gasteiger partial charge in [-0.25, -0.2) is 0 Å². The van der Waals surface area contributed by atoms with Gasteiger partial charge in [-0.2, -0.15) is 0 Å². The first-order chi connectivity index (χ1) is 10.1. The van der Waals surface area contributed by atoms with E-state index in [1.54, 1.807) is 12.1 Å². The molecule has 0 heterocycles. The summed E-state index contributed by atoms with van der Waals surface area (Å²) in [5, 5.41) is 9.72. The summed E-state index contributed by atoms with van der Waals surface area (Å²) in [5.41, 5.74) is 10.3. The maximum absolute atomic E-state index is 9.02. The second kappa shape index (κ2) is 6.99. The number of aliphatic hydroxyl groups is 1. The van der Waals surface area contributed by atoms with Crippen LogP contribution in [0.1, 0.15) is 0 Å². The first-order valence-corrected chi connectivity index (χ1v) is 6.62. The monoisotopic (exact) mass is 305 g/mol. The molecule has 0 fully saturated rings. The van der Waals surface area contributed by atoms with Crippen LogP contribution in [-0.2, 0) is 0 Å². The van der Waals surface area contributed by atoms with Crippen LogP contribution in [0.2, 0.25) is 5.02 Å². The number of benzene rings is 2. The molecule has 0 aromatic heterocycles. The largest absolute Gasteiger partial charge is 0.440 e. The fourth-order valence-electron chi connectivity index (χ4n) is 1.74. The van der Waals surface area contributed by atoms with Crippen LogP contribution in [0.3, 0.4) is 0 Å². The first-order valence-electron chi connectivity index (χ1n) is 6.24. The summed E-state index contributed by atoms with van der Waals surface area (Å²) in [4.78, 5) is 0. The summed E-state index contributed by atoms with van der Waals surface area (Å²) in [6, 6.07) is 14.9. The zero-order valence-electron chi connectivity index (χ0n) is 11.2. The van der Waals surface area contributed by atoms with Crippen LogP contribution in [0, 0.1) is 0 Å². The summed E-state index contributed by atoms with van der Waals surface area (Å²) in [5.74, 6) is 5.79. The number of aliphatic hydroxyl groups excluding tert-OH is 1. The Hall–Kier alpha value is -2.21. The molecule has 110 valence electrons. The Morgan fingerprint density at radius 3 is 2.05 bits per heavy atom. The van der Waals surface area contributed by atoms with Gasteiger partial charge in [0, 0.05) is 5.02 Å². The maximum Gasteiger partial charge on any atom is 0.213 e. The van der Waals surface area contributed by atoms with Crippen LogP contribution in [-0.4, -0.2) is 11.7 Å². The minimum Gasteiger partial charge on any atom is -0.440 e. The number of hydrogen-bond acceptors (Lipinski definition) is 5. The van der Waals surface area contributed by atoms with Gasteiger partial charge in [-0.1, -0.05) is 35.9 Å². The maximum atomic E-state index is 9.02. The number of hydrogen-bond donors (Lipinski definition) is 4. The highest BCUT2D eigenvalue weighted by molar-refractivity contribution is 6.30. The van der Waals surface area contributed by atoms with E-state index in [2.05, 4.69) is 5.43 Å². The Kier molecular flexibility index (Phi) is 5.05. The molecular weight excluding hydrogens is 290 g/mol. The molecule has 0 saturated heterocycles. The van der Waals surface area contributed by atoms with Gasteiger partial charge in [0.05, 0.1) is 6.61 Å². The molecule has 6 N–H and O–H groups in total. The molecule has 21 heavy (non-hydrogen) atoms. The summed E-state index contributed by atoms with van der Waals surface area (Å²) >= 11 is 5.86. The smallest absolute Gasteiger partial charge is 0.213 e. The molecule has 5 nitrogen and oxygen atoms in total. The molecule has 6 heteroatoms. The Morgan fingerprint density at radius 1 is 1.05 bits per heavy atom. The van der Waals surface area contributed by atoms with Crippen molar-refractivity contribution in [2.24, 2.45) is 11.6 Å². The van der Waals surface area contributed by atoms with E-state index in [0.717, 1.165) is 11.1 Å². The number of hydrazine groups is 1. The molecule has 0 radical (unpaired) electrons. The van der Waals surface area contributed by atoms with Crippen molar-refractivity contribution < 1.29 is 9.84 Å². The molecule has 2 aromatic carbocycles. The van der Waals surface area contributed by atoms with Crippen LogP contribution >= 0.6 is 11.6 Å². The first kappa shape index (κ1) is 15.2. The van der Waals surface area contributed by atoms with E-state index in [4.69, 9.17) is 33.0 Å². The number of nitrogens with two attached hydrogens (primary N) is 2. The van der Waals surface area contributed by atoms with Gasteiger partial charge in [0.2, 0.25) is 5.88 Å². The minimum absolute atomic E-state index is 0.0271. The van der Waals surface area contributed by atoms with Crippen LogP contribution in [0.4, 0.5) is 0 Å². The Morgan fingerprint density at radius 2 is 1.57 bits per heavy atom. The standard InChI is InChI=1S/C15H16ClN3O2/c16-12-5-1-10(2-6-12)11-3-7-13(8-4-11)21-15(17)14(9-20)19-18/h1-8,19-20H,9,17-18H2/b15-14+. The van der Waals surface area contributed by atoms with Gasteiger partial charge < -0.3 is 21.0 Å². The zero-order chi connectivity index (χ0) is 15.2. The summed E-state index contributed by atoms with van der Waals surface area (Å²) in [6.45, 7) is -0.328. The van der Waals surface area contributed by atoms with Gasteiger partial charge in [0.1, 0.15) is 11.4 Å². The molecular formula is C15H16ClN3O2. The third-order valence-corrected chi connectivity index (χ3v) is 3.14. The number of rotatable bonds is 5. The fraction of sp³-hybridized carbons (Fsp3) is 0.0667. The van der Waals surface area contributed by atoms with Crippen molar-refractivity contribution in [1.29, 1.82) is 0 Å². The second-order valence-corrected chi connectivity index (χ2v) is 4.72. The number of halogens is 1. The quantitative estimate of drug-likeness (QED) is 0.385. The van der Waals surface area contributed by atoms with Gasteiger partial charge >= 0.3 is 0 Å². The van der Waals surface area contributed by atoms with Gasteiger partial charge in [0.25, 0.3) is 0 Å². The Bertz CT molecular complexity index is 618. The van der Waals surface area contributed by atoms with Crippen LogP contribution < -0.4 is 21.7 Å². The van der Waals surface area contributed by atoms with Crippen molar-refractivity contribution in [2.75, 3.05) is 6.61 Å². The summed E-state index contributed by atoms with van der Waals surface area (Å²) in [7, 11) is 0. The van der Waals surface area contributed by atoms with Gasteiger partial charge in [0.15, 0.2) is 0 Å². The molecule has 0 bridgehead atoms. The lowest BCUT2D eigenvalue weighted by atomic mass is 10.1. The van der Waals surface area contributed by atoms with E-state index >= 15 is 0 Å². The van der Waals surface area contributed by atoms with Gasteiger partial charge in [-0.05, 0) is 35.4 Å². The molecule has 2 rings (SSSR count). The Labute approximate surface area is 127 Å². The molecule has 2 aromatic rings. The van der Waals surface area contributed by atoms with Crippen molar-refractivity contribution in [2.45, 2.75) is 0 Å². The molecule has 0 amide bonds. The lowest BCUT2D eigenvalue weighted by Crippen LogP contribution is -2.28. The summed E-state index contributed by atoms with van der Waals surface area (Å²) in [6.07, 6.45) is 0. The molecule has 0 saturated carbocycles. The lowest BCUT2D eigenvalue weighted by molar-refractivity contribution is 0.305. The van der Waals surface area contributed by atoms with Crippen LogP contribution in [0.5, 0.6) is 5.75 Å². The SMILES string of the molecule is NN/C(CO)=C(\N)Oc1ccc(-c2ccc(Cl)cc2)cc1. The third kappa shape index (κ3) is 3.88. The van der Waals surface area contributed by atoms with Crippen LogP contribution in [0.25, 0.3) is 11.1 Å². The predicted molar refractivity (Wildman–Crippen MR) is 83.1 cm³/mol. The van der Waals surface area contributed by atoms with Crippen molar-refractivity contribution in [1.82, 2.24) is 5.43 Å². The number of ether oxygens (including phenoxy) is 1. The Balaban J connectivity index is 2.16. The van der Waals surface area contributed by atoms with Crippen molar-refractivity contribution in [3.63, 3.8) is 0 Å². The second-order valence-electron chi connectivity index (χ2n) is 4.28. The van der Waals surface area contributed by atoms with Gasteiger partial charge in [-0.15, -0.1) is 0 Å². The minimum atomic E-state index is -0.328. The van der Waals surface area contributed by atoms with Crippen molar-refractivity contribution in [3.8, 4) is 16.9 Å². The highest BCUT2D eigenvalue weighted by atomic mass is 35.5. The molecule has 0 aliphatic rings. The zero-order valence-corrected chi connectivity index (χ0v) is 12.0. The fourth-order valence-corrected chi connectivity index (χ4v) is 1.87. The average molecular weight is 306 g/mol. The third-order valence-electron chi connectivity index (χ3n) is 2.89. The van der Waals surface area contributed by atoms with E-state index in [9.17, 15) is 0 Å². The summed E-state index contributed by atoms with van der Waals surface area (Å²) < 4.78 is 5.40. The molecule has 0 unspecified atom stereocenters. The lowest BCUT2D eigenvalue weighted by Gasteiger charge is -2.11. The topological polar surface area (TPSA) is 93.5 Å². The highest BCUT2D eigenvalue weighted by Crippen LogP contribution is 2.24. The van der Waals surface area contributed by atoms with E-state index < -0.39 is 0 Å². The van der Waals surface area contributed by atoms with Crippen molar-refractivity contribution in [3.05, 3.63) is 65.1 Å². The van der Waals surface area contributed by atoms with E-state index in [1.807, 2.05) is 36.4 Å². The normalized spacial score (nSPS) is 11.8. The average Bonchev–Trinajstić information content (AvgIpc) is 2.50. The molecule has 0 atom stereocenters. The van der Waals surface area contributed by atoms with E-state index in [1.165, 1.54) is 0 Å². The van der Waals surface area contributed by atoms with E-state index in [0.29, 0.717) is 10.8 Å². The van der Waals surface area contributed by atoms with Crippen LogP contribution in [0.15, 0.2) is 60.1 Å². The molecule has 0 spiro atoms. The molecule has 0 aliphatic heterocycles. The highest BCUT2D eigenvalue weighted by Gasteiger charge is 2.04. The van der Waals surface area contributed by atoms with Gasteiger partial charge in [-0.3, -0.25) is 5.84 Å². The molecule has 0 aliphatic carbocycles. The van der Waals surface area contributed by atoms with Crippen molar-refractivity contribution >= 4 is 11.6 Å². The predicted octanol–water partition coefficient (Wildman–Crippen LogP) is 1.97.